The van der Waals surface area contributed by atoms with Crippen molar-refractivity contribution in [2.75, 3.05) is 7.11 Å². The molecule has 0 aliphatic carbocycles. The van der Waals surface area contributed by atoms with E-state index in [1.807, 2.05) is 4.72 Å². The number of aromatic nitrogens is 3. The smallest absolute Gasteiger partial charge is 0.341 e. The van der Waals surface area contributed by atoms with Gasteiger partial charge in [0.15, 0.2) is 0 Å². The molecule has 3 rings (SSSR count). The van der Waals surface area contributed by atoms with E-state index >= 15 is 0 Å². The number of hydrogen-bond acceptors (Lipinski definition) is 7. The Morgan fingerprint density at radius 3 is 2.44 bits per heavy atom. The standard InChI is InChI=1S/C16H14N4O6S/c1-9(21)19-27(24,25)11-5-3-10(4-6-11)20-7-12-14(17-18-15(12)22)13(8-20)16(23)26-2/h3-8H,1-2H3,(H,18,22)(H,19,21). The summed E-state index contributed by atoms with van der Waals surface area (Å²) < 4.78 is 32.1. The number of benzene rings is 1. The number of nitrogens with zero attached hydrogens (tertiary/aromatic N) is 2. The lowest BCUT2D eigenvalue weighted by atomic mass is 10.1. The predicted molar refractivity (Wildman–Crippen MR) is 93.1 cm³/mol. The number of fused-ring (bicyclic) bond motifs is 1. The highest BCUT2D eigenvalue weighted by Crippen LogP contribution is 2.23. The normalized spacial score (nSPS) is 11.3. The molecule has 0 fully saturated rings. The molecule has 0 atom stereocenters. The highest BCUT2D eigenvalue weighted by molar-refractivity contribution is 7.90. The van der Waals surface area contributed by atoms with Gasteiger partial charge < -0.3 is 9.30 Å². The number of aromatic amines is 1. The van der Waals surface area contributed by atoms with Gasteiger partial charge >= 0.3 is 5.97 Å². The van der Waals surface area contributed by atoms with Gasteiger partial charge in [-0.05, 0) is 24.3 Å². The number of carbonyl (C=O) groups excluding carboxylic acids is 2. The van der Waals surface area contributed by atoms with Gasteiger partial charge in [-0.3, -0.25) is 9.59 Å². The summed E-state index contributed by atoms with van der Waals surface area (Å²) in [5.41, 5.74) is 0.419. The molecule has 0 spiro atoms. The van der Waals surface area contributed by atoms with Gasteiger partial charge in [0.1, 0.15) is 11.3 Å². The van der Waals surface area contributed by atoms with Crippen molar-refractivity contribution in [2.24, 2.45) is 0 Å². The van der Waals surface area contributed by atoms with Crippen molar-refractivity contribution in [2.45, 2.75) is 11.8 Å². The molecule has 1 aromatic rings. The van der Waals surface area contributed by atoms with Crippen molar-refractivity contribution in [3.05, 3.63) is 52.6 Å². The molecule has 2 aliphatic rings. The highest BCUT2D eigenvalue weighted by atomic mass is 32.2. The van der Waals surface area contributed by atoms with Crippen molar-refractivity contribution < 1.29 is 22.7 Å². The highest BCUT2D eigenvalue weighted by Gasteiger charge is 2.22. The van der Waals surface area contributed by atoms with Crippen LogP contribution in [-0.2, 0) is 19.6 Å². The maximum atomic E-state index is 12.0. The lowest BCUT2D eigenvalue weighted by molar-refractivity contribution is -0.117. The Morgan fingerprint density at radius 2 is 1.85 bits per heavy atom. The zero-order valence-electron chi connectivity index (χ0n) is 14.2. The van der Waals surface area contributed by atoms with Crippen molar-refractivity contribution in [1.82, 2.24) is 19.5 Å². The molecule has 0 aromatic heterocycles. The topological polar surface area (TPSA) is 140 Å². The molecular weight excluding hydrogens is 376 g/mol. The zero-order valence-corrected chi connectivity index (χ0v) is 15.0. The van der Waals surface area contributed by atoms with E-state index in [2.05, 4.69) is 10.2 Å². The van der Waals surface area contributed by atoms with Crippen molar-refractivity contribution in [3.63, 3.8) is 0 Å². The molecule has 0 saturated carbocycles. The van der Waals surface area contributed by atoms with Crippen LogP contribution in [0.15, 0.2) is 46.3 Å². The average Bonchev–Trinajstić information content (AvgIpc) is 3.00. The lowest BCUT2D eigenvalue weighted by Gasteiger charge is -2.12. The number of rotatable bonds is 4. The number of carbonyl (C=O) groups is 2. The van der Waals surface area contributed by atoms with Crippen LogP contribution in [0.2, 0.25) is 0 Å². The molecule has 27 heavy (non-hydrogen) atoms. The van der Waals surface area contributed by atoms with Crippen LogP contribution < -0.4 is 10.3 Å². The summed E-state index contributed by atoms with van der Waals surface area (Å²) in [6.07, 6.45) is 2.89. The molecule has 0 saturated heterocycles. The summed E-state index contributed by atoms with van der Waals surface area (Å²) in [5.74, 6) is -1.38. The molecule has 0 bridgehead atoms. The first-order chi connectivity index (χ1) is 12.7. The number of amides is 1. The minimum Gasteiger partial charge on any atom is -0.465 e. The molecule has 140 valence electrons. The van der Waals surface area contributed by atoms with Crippen LogP contribution in [-0.4, -0.2) is 42.2 Å². The van der Waals surface area contributed by atoms with Gasteiger partial charge in [0.2, 0.25) is 5.91 Å². The minimum absolute atomic E-state index is 0.0725. The van der Waals surface area contributed by atoms with Crippen LogP contribution in [0, 0.1) is 0 Å². The Morgan fingerprint density at radius 1 is 1.19 bits per heavy atom. The number of ether oxygens (including phenoxy) is 1. The van der Waals surface area contributed by atoms with Gasteiger partial charge in [0.05, 0.1) is 17.6 Å². The van der Waals surface area contributed by atoms with Crippen molar-refractivity contribution in [3.8, 4) is 16.9 Å². The molecule has 2 N–H and O–H groups in total. The molecule has 11 heteroatoms. The number of sulfonamides is 1. The Labute approximate surface area is 153 Å². The third-order valence-electron chi connectivity index (χ3n) is 3.69. The second-order valence-electron chi connectivity index (χ2n) is 5.54. The molecule has 1 amide bonds. The predicted octanol–water partition coefficient (Wildman–Crippen LogP) is 0.277. The first kappa shape index (κ1) is 18.3. The fourth-order valence-electron chi connectivity index (χ4n) is 2.49. The molecule has 2 heterocycles. The van der Waals surface area contributed by atoms with E-state index in [4.69, 9.17) is 4.74 Å². The maximum Gasteiger partial charge on any atom is 0.341 e. The third kappa shape index (κ3) is 3.44. The maximum absolute atomic E-state index is 12.0. The average molecular weight is 390 g/mol. The number of pyridine rings is 1. The zero-order chi connectivity index (χ0) is 19.8. The van der Waals surface area contributed by atoms with Gasteiger partial charge in [-0.2, -0.15) is 5.10 Å². The SMILES string of the molecule is COC(=O)c1cn(-c2ccc(S(=O)(=O)NC(C)=O)cc2)cc2c(=O)[nH]nc1-2. The summed E-state index contributed by atoms with van der Waals surface area (Å²) in [5, 5.41) is 6.10. The first-order valence-electron chi connectivity index (χ1n) is 7.55. The Kier molecular flexibility index (Phi) is 4.54. The lowest BCUT2D eigenvalue weighted by Crippen LogP contribution is -2.28. The van der Waals surface area contributed by atoms with Crippen molar-refractivity contribution in [1.29, 1.82) is 0 Å². The molecule has 1 aromatic carbocycles. The quantitative estimate of drug-likeness (QED) is 0.610. The van der Waals surface area contributed by atoms with Gasteiger partial charge in [-0.15, -0.1) is 0 Å². The minimum atomic E-state index is -3.96. The Bertz CT molecular complexity index is 1160. The molecule has 0 unspecified atom stereocenters. The first-order valence-corrected chi connectivity index (χ1v) is 9.04. The molecule has 0 radical (unpaired) electrons. The summed E-state index contributed by atoms with van der Waals surface area (Å²) in [6, 6.07) is 5.52. The van der Waals surface area contributed by atoms with Gasteiger partial charge in [0.25, 0.3) is 15.6 Å². The summed E-state index contributed by atoms with van der Waals surface area (Å²) in [4.78, 5) is 34.8. The van der Waals surface area contributed by atoms with E-state index in [0.29, 0.717) is 5.69 Å². The van der Waals surface area contributed by atoms with Gasteiger partial charge in [-0.1, -0.05) is 0 Å². The fraction of sp³-hybridized carbons (Fsp3) is 0.125. The van der Waals surface area contributed by atoms with E-state index in [-0.39, 0.29) is 21.7 Å². The van der Waals surface area contributed by atoms with Crippen LogP contribution in [0.1, 0.15) is 17.3 Å². The summed E-state index contributed by atoms with van der Waals surface area (Å²) in [7, 11) is -2.76. The van der Waals surface area contributed by atoms with Crippen LogP contribution in [0.4, 0.5) is 0 Å². The van der Waals surface area contributed by atoms with Crippen LogP contribution in [0.25, 0.3) is 16.9 Å². The summed E-state index contributed by atoms with van der Waals surface area (Å²) in [6.45, 7) is 1.09. The van der Waals surface area contributed by atoms with Crippen LogP contribution in [0.5, 0.6) is 0 Å². The van der Waals surface area contributed by atoms with Crippen LogP contribution in [0.3, 0.4) is 0 Å². The number of esters is 1. The van der Waals surface area contributed by atoms with Crippen LogP contribution >= 0.6 is 0 Å². The van der Waals surface area contributed by atoms with E-state index in [1.54, 1.807) is 0 Å². The molecular formula is C16H14N4O6S. The third-order valence-corrected chi connectivity index (χ3v) is 5.14. The Balaban J connectivity index is 2.09. The molecule has 2 aliphatic heterocycles. The van der Waals surface area contributed by atoms with E-state index in [1.165, 1.54) is 48.3 Å². The number of H-pyrrole nitrogens is 1. The van der Waals surface area contributed by atoms with E-state index in [0.717, 1.165) is 6.92 Å². The van der Waals surface area contributed by atoms with Gasteiger partial charge in [0, 0.05) is 25.0 Å². The van der Waals surface area contributed by atoms with E-state index < -0.39 is 27.5 Å². The second kappa shape index (κ2) is 6.68. The van der Waals surface area contributed by atoms with Crippen molar-refractivity contribution >= 4 is 21.9 Å². The number of hydrogen-bond donors (Lipinski definition) is 2. The number of nitrogens with one attached hydrogen (secondary N) is 2. The monoisotopic (exact) mass is 390 g/mol. The largest absolute Gasteiger partial charge is 0.465 e. The fourth-order valence-corrected chi connectivity index (χ4v) is 3.48. The second-order valence-corrected chi connectivity index (χ2v) is 7.22. The Hall–Kier alpha value is -3.47. The van der Waals surface area contributed by atoms with E-state index in [9.17, 15) is 22.8 Å². The van der Waals surface area contributed by atoms with Gasteiger partial charge in [-0.25, -0.2) is 23.0 Å². The number of methoxy groups -OCH3 is 1. The summed E-state index contributed by atoms with van der Waals surface area (Å²) >= 11 is 0. The molecule has 10 nitrogen and oxygen atoms in total.